The quantitative estimate of drug-likeness (QED) is 0.869. The van der Waals surface area contributed by atoms with Gasteiger partial charge in [-0.2, -0.15) is 0 Å². The summed E-state index contributed by atoms with van der Waals surface area (Å²) in [6, 6.07) is 3.20. The second kappa shape index (κ2) is 7.00. The first kappa shape index (κ1) is 16.3. The Labute approximate surface area is 149 Å². The Kier molecular flexibility index (Phi) is 4.57. The summed E-state index contributed by atoms with van der Waals surface area (Å²) >= 11 is 0. The number of hydrogen-bond donors (Lipinski definition) is 1. The predicted molar refractivity (Wildman–Crippen MR) is 98.8 cm³/mol. The summed E-state index contributed by atoms with van der Waals surface area (Å²) in [6.45, 7) is 3.24. The average Bonchev–Trinajstić information content (AvgIpc) is 3.36. The maximum absolute atomic E-state index is 4.36. The first-order valence-corrected chi connectivity index (χ1v) is 9.18. The second-order valence-corrected chi connectivity index (χ2v) is 7.37. The number of aromatic nitrogens is 4. The minimum atomic E-state index is 0.481. The van der Waals surface area contributed by atoms with Gasteiger partial charge in [-0.3, -0.25) is 4.90 Å². The third-order valence-corrected chi connectivity index (χ3v) is 5.12. The zero-order valence-corrected chi connectivity index (χ0v) is 15.1. The molecule has 0 bridgehead atoms. The van der Waals surface area contributed by atoms with Crippen LogP contribution in [0, 0.1) is 0 Å². The van der Waals surface area contributed by atoms with Crippen LogP contribution < -0.4 is 10.2 Å². The minimum Gasteiger partial charge on any atom is -0.367 e. The highest BCUT2D eigenvalue weighted by Gasteiger charge is 2.26. The summed E-state index contributed by atoms with van der Waals surface area (Å²) in [7, 11) is 3.99. The summed E-state index contributed by atoms with van der Waals surface area (Å²) in [5, 5.41) is 3.57. The molecule has 1 aliphatic heterocycles. The molecule has 0 radical (unpaired) electrons. The molecule has 0 unspecified atom stereocenters. The first-order valence-electron chi connectivity index (χ1n) is 9.18. The smallest absolute Gasteiger partial charge is 0.133 e. The summed E-state index contributed by atoms with van der Waals surface area (Å²) in [5.74, 6) is 1.85. The lowest BCUT2D eigenvalue weighted by Gasteiger charge is -2.32. The number of hydrogen-bond acceptors (Lipinski definition) is 6. The minimum absolute atomic E-state index is 0.481. The van der Waals surface area contributed by atoms with Crippen molar-refractivity contribution in [2.75, 3.05) is 37.4 Å². The van der Waals surface area contributed by atoms with E-state index >= 15 is 0 Å². The highest BCUT2D eigenvalue weighted by Crippen LogP contribution is 2.36. The van der Waals surface area contributed by atoms with Crippen molar-refractivity contribution in [3.8, 4) is 0 Å². The normalized spacial score (nSPS) is 19.1. The Bertz CT molecular complexity index is 699. The number of likely N-dealkylation sites (tertiary alicyclic amines) is 1. The fourth-order valence-electron chi connectivity index (χ4n) is 3.48. The van der Waals surface area contributed by atoms with Crippen LogP contribution in [0.25, 0.3) is 0 Å². The number of anilines is 2. The van der Waals surface area contributed by atoms with Gasteiger partial charge in [0.05, 0.1) is 12.0 Å². The molecule has 25 heavy (non-hydrogen) atoms. The average molecular weight is 341 g/mol. The Hall–Kier alpha value is -2.15. The molecular formula is C18H27N7. The molecular weight excluding hydrogens is 314 g/mol. The molecule has 2 aromatic heterocycles. The van der Waals surface area contributed by atoms with E-state index in [0.29, 0.717) is 12.1 Å². The van der Waals surface area contributed by atoms with Crippen LogP contribution in [0.5, 0.6) is 0 Å². The van der Waals surface area contributed by atoms with Crippen LogP contribution in [0.2, 0.25) is 0 Å². The number of imidazole rings is 1. The van der Waals surface area contributed by atoms with Crippen LogP contribution in [0.4, 0.5) is 11.6 Å². The maximum Gasteiger partial charge on any atom is 0.133 e. The van der Waals surface area contributed by atoms with Crippen molar-refractivity contribution in [1.82, 2.24) is 24.4 Å². The standard InChI is InChI=1S/C18H27N7/c1-23(2)18-9-17(20-12-21-18)22-14-5-7-24(8-6-14)11-16-10-19-13-25(16)15-3-4-15/h9-10,12-15H,3-8,11H2,1-2H3,(H,20,21,22). The first-order chi connectivity index (χ1) is 12.2. The summed E-state index contributed by atoms with van der Waals surface area (Å²) in [6.07, 6.45) is 10.6. The Morgan fingerprint density at radius 3 is 2.68 bits per heavy atom. The van der Waals surface area contributed by atoms with Gasteiger partial charge in [0.15, 0.2) is 0 Å². The summed E-state index contributed by atoms with van der Waals surface area (Å²) < 4.78 is 2.37. The van der Waals surface area contributed by atoms with Gasteiger partial charge < -0.3 is 14.8 Å². The molecule has 1 aliphatic carbocycles. The summed E-state index contributed by atoms with van der Waals surface area (Å²) in [4.78, 5) is 17.5. The van der Waals surface area contributed by atoms with E-state index in [9.17, 15) is 0 Å². The fourth-order valence-corrected chi connectivity index (χ4v) is 3.48. The molecule has 0 aromatic carbocycles. The molecule has 7 nitrogen and oxygen atoms in total. The number of rotatable bonds is 6. The van der Waals surface area contributed by atoms with Gasteiger partial charge >= 0.3 is 0 Å². The van der Waals surface area contributed by atoms with Crippen LogP contribution in [0.1, 0.15) is 37.4 Å². The zero-order chi connectivity index (χ0) is 17.2. The van der Waals surface area contributed by atoms with Crippen molar-refractivity contribution in [1.29, 1.82) is 0 Å². The molecule has 0 spiro atoms. The highest BCUT2D eigenvalue weighted by molar-refractivity contribution is 5.47. The van der Waals surface area contributed by atoms with E-state index in [1.54, 1.807) is 6.33 Å². The van der Waals surface area contributed by atoms with E-state index in [2.05, 4.69) is 29.7 Å². The zero-order valence-electron chi connectivity index (χ0n) is 15.1. The highest BCUT2D eigenvalue weighted by atomic mass is 15.2. The van der Waals surface area contributed by atoms with Crippen LogP contribution >= 0.6 is 0 Å². The van der Waals surface area contributed by atoms with Gasteiger partial charge in [0.1, 0.15) is 18.0 Å². The van der Waals surface area contributed by atoms with Crippen molar-refractivity contribution in [3.05, 3.63) is 30.6 Å². The van der Waals surface area contributed by atoms with Crippen LogP contribution in [0.3, 0.4) is 0 Å². The van der Waals surface area contributed by atoms with Crippen molar-refractivity contribution >= 4 is 11.6 Å². The fraction of sp³-hybridized carbons (Fsp3) is 0.611. The van der Waals surface area contributed by atoms with Gasteiger partial charge in [-0.25, -0.2) is 15.0 Å². The third kappa shape index (κ3) is 3.92. The van der Waals surface area contributed by atoms with Gasteiger partial charge in [-0.1, -0.05) is 0 Å². The van der Waals surface area contributed by atoms with Crippen molar-refractivity contribution in [2.45, 2.75) is 44.3 Å². The van der Waals surface area contributed by atoms with E-state index < -0.39 is 0 Å². The lowest BCUT2D eigenvalue weighted by Crippen LogP contribution is -2.39. The number of piperidine rings is 1. The Morgan fingerprint density at radius 1 is 1.16 bits per heavy atom. The lowest BCUT2D eigenvalue weighted by molar-refractivity contribution is 0.206. The molecule has 1 saturated heterocycles. The SMILES string of the molecule is CN(C)c1cc(NC2CCN(Cc3cncn3C3CC3)CC2)ncn1. The lowest BCUT2D eigenvalue weighted by atomic mass is 10.0. The van der Waals surface area contributed by atoms with Gasteiger partial charge in [0.25, 0.3) is 0 Å². The molecule has 3 heterocycles. The molecule has 2 aromatic rings. The van der Waals surface area contributed by atoms with Crippen molar-refractivity contribution < 1.29 is 0 Å². The molecule has 2 fully saturated rings. The van der Waals surface area contributed by atoms with Gasteiger partial charge in [-0.15, -0.1) is 0 Å². The molecule has 0 atom stereocenters. The van der Waals surface area contributed by atoms with E-state index in [4.69, 9.17) is 0 Å². The second-order valence-electron chi connectivity index (χ2n) is 7.37. The van der Waals surface area contributed by atoms with Gasteiger partial charge in [0.2, 0.25) is 0 Å². The molecule has 1 N–H and O–H groups in total. The monoisotopic (exact) mass is 341 g/mol. The van der Waals surface area contributed by atoms with E-state index in [1.807, 2.05) is 37.6 Å². The van der Waals surface area contributed by atoms with E-state index in [-0.39, 0.29) is 0 Å². The summed E-state index contributed by atoms with van der Waals surface area (Å²) in [5.41, 5.74) is 1.36. The van der Waals surface area contributed by atoms with Gasteiger partial charge in [-0.05, 0) is 25.7 Å². The van der Waals surface area contributed by atoms with Crippen molar-refractivity contribution in [3.63, 3.8) is 0 Å². The topological polar surface area (TPSA) is 62.1 Å². The Morgan fingerprint density at radius 2 is 1.96 bits per heavy atom. The third-order valence-electron chi connectivity index (χ3n) is 5.12. The molecule has 7 heteroatoms. The van der Waals surface area contributed by atoms with Gasteiger partial charge in [0, 0.05) is 58.1 Å². The largest absolute Gasteiger partial charge is 0.367 e. The molecule has 134 valence electrons. The Balaban J connectivity index is 1.29. The van der Waals surface area contributed by atoms with Crippen LogP contribution in [-0.4, -0.2) is 57.6 Å². The predicted octanol–water partition coefficient (Wildman–Crippen LogP) is 2.15. The maximum atomic E-state index is 4.36. The molecule has 0 amide bonds. The molecule has 2 aliphatic rings. The number of nitrogens with zero attached hydrogens (tertiary/aromatic N) is 6. The van der Waals surface area contributed by atoms with Crippen molar-refractivity contribution in [2.24, 2.45) is 0 Å². The van der Waals surface area contributed by atoms with E-state index in [0.717, 1.165) is 44.1 Å². The number of nitrogens with one attached hydrogen (secondary N) is 1. The molecule has 4 rings (SSSR count). The van der Waals surface area contributed by atoms with Crippen LogP contribution in [-0.2, 0) is 6.54 Å². The van der Waals surface area contributed by atoms with E-state index in [1.165, 1.54) is 18.5 Å². The molecule has 1 saturated carbocycles. The van der Waals surface area contributed by atoms with Crippen LogP contribution in [0.15, 0.2) is 24.9 Å².